The van der Waals surface area contributed by atoms with Crippen LogP contribution >= 0.6 is 0 Å². The van der Waals surface area contributed by atoms with Crippen molar-refractivity contribution in [1.82, 2.24) is 5.32 Å². The summed E-state index contributed by atoms with van der Waals surface area (Å²) in [6.07, 6.45) is 0.245. The van der Waals surface area contributed by atoms with Crippen molar-refractivity contribution >= 4 is 17.7 Å². The molecular weight excluding hydrogens is 394 g/mol. The molecule has 0 saturated heterocycles. The second-order valence-corrected chi connectivity index (χ2v) is 6.84. The van der Waals surface area contributed by atoms with E-state index in [4.69, 9.17) is 9.47 Å². The number of nitrogens with one attached hydrogen (secondary N) is 1. The molecule has 0 saturated carbocycles. The summed E-state index contributed by atoms with van der Waals surface area (Å²) in [6, 6.07) is 23.5. The second kappa shape index (κ2) is 10.7. The first-order valence-corrected chi connectivity index (χ1v) is 9.80. The zero-order chi connectivity index (χ0) is 22.1. The van der Waals surface area contributed by atoms with Gasteiger partial charge in [-0.25, -0.2) is 4.79 Å². The fraction of sp³-hybridized carbons (Fsp3) is 0.160. The first-order chi connectivity index (χ1) is 15.1. The predicted octanol–water partition coefficient (Wildman–Crippen LogP) is 3.46. The molecule has 0 aliphatic heterocycles. The third-order valence-corrected chi connectivity index (χ3v) is 4.67. The van der Waals surface area contributed by atoms with E-state index in [0.717, 1.165) is 5.56 Å². The molecule has 3 rings (SSSR count). The number of hydrogen-bond donors (Lipinski definition) is 1. The van der Waals surface area contributed by atoms with Crippen molar-refractivity contribution in [3.63, 3.8) is 0 Å². The fourth-order valence-corrected chi connectivity index (χ4v) is 2.97. The Morgan fingerprint density at radius 3 is 2.03 bits per heavy atom. The Morgan fingerprint density at radius 1 is 0.806 bits per heavy atom. The molecular formula is C25H23NO5. The van der Waals surface area contributed by atoms with Crippen molar-refractivity contribution in [3.8, 4) is 5.75 Å². The van der Waals surface area contributed by atoms with Crippen LogP contribution in [-0.2, 0) is 16.0 Å². The summed E-state index contributed by atoms with van der Waals surface area (Å²) in [7, 11) is 1.54. The highest BCUT2D eigenvalue weighted by atomic mass is 16.5. The van der Waals surface area contributed by atoms with Crippen LogP contribution in [0.25, 0.3) is 0 Å². The molecule has 0 radical (unpaired) electrons. The molecule has 0 heterocycles. The van der Waals surface area contributed by atoms with Crippen LogP contribution in [0.1, 0.15) is 26.3 Å². The zero-order valence-electron chi connectivity index (χ0n) is 17.1. The lowest BCUT2D eigenvalue weighted by atomic mass is 10.1. The number of Topliss-reactive ketones (excluding diaryl/α,β-unsaturated/α-hetero) is 1. The molecule has 1 N–H and O–H groups in total. The lowest BCUT2D eigenvalue weighted by Crippen LogP contribution is -2.43. The smallest absolute Gasteiger partial charge is 0.329 e. The Kier molecular flexibility index (Phi) is 7.54. The Morgan fingerprint density at radius 2 is 1.42 bits per heavy atom. The van der Waals surface area contributed by atoms with Crippen molar-refractivity contribution in [1.29, 1.82) is 0 Å². The largest absolute Gasteiger partial charge is 0.497 e. The average molecular weight is 417 g/mol. The van der Waals surface area contributed by atoms with Gasteiger partial charge in [0.1, 0.15) is 11.8 Å². The molecule has 0 aliphatic carbocycles. The van der Waals surface area contributed by atoms with Gasteiger partial charge in [-0.1, -0.05) is 48.5 Å². The number of amides is 1. The monoisotopic (exact) mass is 417 g/mol. The third-order valence-electron chi connectivity index (χ3n) is 4.67. The summed E-state index contributed by atoms with van der Waals surface area (Å²) in [6.45, 7) is -0.419. The average Bonchev–Trinajstić information content (AvgIpc) is 2.83. The molecule has 6 nitrogen and oxygen atoms in total. The van der Waals surface area contributed by atoms with E-state index in [1.165, 1.54) is 7.11 Å². The number of rotatable bonds is 9. The van der Waals surface area contributed by atoms with Crippen molar-refractivity contribution in [2.45, 2.75) is 12.5 Å². The SMILES string of the molecule is COc1ccc(C(=O)COC(=O)[C@@H](Cc2ccccc2)NC(=O)c2ccccc2)cc1. The highest BCUT2D eigenvalue weighted by Crippen LogP contribution is 2.12. The van der Waals surface area contributed by atoms with Gasteiger partial charge in [0.15, 0.2) is 12.4 Å². The van der Waals surface area contributed by atoms with Crippen molar-refractivity contribution in [2.24, 2.45) is 0 Å². The predicted molar refractivity (Wildman–Crippen MR) is 116 cm³/mol. The van der Waals surface area contributed by atoms with Gasteiger partial charge in [0, 0.05) is 17.5 Å². The Labute approximate surface area is 180 Å². The maximum Gasteiger partial charge on any atom is 0.329 e. The molecule has 1 atom stereocenters. The maximum absolute atomic E-state index is 12.7. The van der Waals surface area contributed by atoms with Crippen LogP contribution in [0.4, 0.5) is 0 Å². The summed E-state index contributed by atoms with van der Waals surface area (Å²) >= 11 is 0. The molecule has 31 heavy (non-hydrogen) atoms. The van der Waals surface area contributed by atoms with Gasteiger partial charge in [0.05, 0.1) is 7.11 Å². The minimum Gasteiger partial charge on any atom is -0.497 e. The molecule has 0 bridgehead atoms. The van der Waals surface area contributed by atoms with Crippen LogP contribution in [-0.4, -0.2) is 37.4 Å². The number of esters is 1. The number of methoxy groups -OCH3 is 1. The van der Waals surface area contributed by atoms with Crippen LogP contribution in [0, 0.1) is 0 Å². The topological polar surface area (TPSA) is 81.7 Å². The maximum atomic E-state index is 12.7. The van der Waals surface area contributed by atoms with E-state index in [-0.39, 0.29) is 18.1 Å². The normalized spacial score (nSPS) is 11.3. The zero-order valence-corrected chi connectivity index (χ0v) is 17.1. The van der Waals surface area contributed by atoms with Gasteiger partial charge in [-0.05, 0) is 42.0 Å². The Bertz CT molecular complexity index is 1020. The molecule has 0 spiro atoms. The van der Waals surface area contributed by atoms with Crippen molar-refractivity contribution in [3.05, 3.63) is 102 Å². The molecule has 0 fully saturated rings. The fourth-order valence-electron chi connectivity index (χ4n) is 2.97. The van der Waals surface area contributed by atoms with Crippen LogP contribution in [0.3, 0.4) is 0 Å². The summed E-state index contributed by atoms with van der Waals surface area (Å²) < 4.78 is 10.3. The van der Waals surface area contributed by atoms with Gasteiger partial charge >= 0.3 is 5.97 Å². The van der Waals surface area contributed by atoms with Gasteiger partial charge in [-0.2, -0.15) is 0 Å². The quantitative estimate of drug-likeness (QED) is 0.426. The van der Waals surface area contributed by atoms with Crippen LogP contribution in [0.15, 0.2) is 84.9 Å². The summed E-state index contributed by atoms with van der Waals surface area (Å²) in [5.41, 5.74) is 1.70. The first-order valence-electron chi connectivity index (χ1n) is 9.80. The number of ether oxygens (including phenoxy) is 2. The van der Waals surface area contributed by atoms with E-state index in [2.05, 4.69) is 5.32 Å². The van der Waals surface area contributed by atoms with E-state index in [1.807, 2.05) is 30.3 Å². The van der Waals surface area contributed by atoms with Gasteiger partial charge in [0.25, 0.3) is 5.91 Å². The molecule has 0 unspecified atom stereocenters. The van der Waals surface area contributed by atoms with E-state index >= 15 is 0 Å². The third kappa shape index (κ3) is 6.27. The van der Waals surface area contributed by atoms with Gasteiger partial charge in [-0.15, -0.1) is 0 Å². The molecule has 158 valence electrons. The number of carbonyl (C=O) groups excluding carboxylic acids is 3. The molecule has 0 aliphatic rings. The summed E-state index contributed by atoms with van der Waals surface area (Å²) in [4.78, 5) is 37.7. The van der Waals surface area contributed by atoms with E-state index < -0.39 is 18.6 Å². The first kappa shape index (κ1) is 21.8. The minimum absolute atomic E-state index is 0.245. The molecule has 3 aromatic rings. The second-order valence-electron chi connectivity index (χ2n) is 6.84. The lowest BCUT2D eigenvalue weighted by Gasteiger charge is -2.18. The number of hydrogen-bond acceptors (Lipinski definition) is 5. The van der Waals surface area contributed by atoms with Gasteiger partial charge in [-0.3, -0.25) is 9.59 Å². The molecule has 6 heteroatoms. The van der Waals surface area contributed by atoms with Crippen LogP contribution in [0.2, 0.25) is 0 Å². The highest BCUT2D eigenvalue weighted by molar-refractivity contribution is 5.99. The molecule has 0 aromatic heterocycles. The van der Waals surface area contributed by atoms with Gasteiger partial charge < -0.3 is 14.8 Å². The van der Waals surface area contributed by atoms with E-state index in [1.54, 1.807) is 54.6 Å². The summed E-state index contributed by atoms with van der Waals surface area (Å²) in [5, 5.41) is 2.72. The molecule has 1 amide bonds. The number of carbonyl (C=O) groups is 3. The Balaban J connectivity index is 1.67. The lowest BCUT2D eigenvalue weighted by molar-refractivity contribution is -0.144. The minimum atomic E-state index is -0.932. The van der Waals surface area contributed by atoms with Gasteiger partial charge in [0.2, 0.25) is 0 Å². The van der Waals surface area contributed by atoms with Crippen molar-refractivity contribution in [2.75, 3.05) is 13.7 Å². The van der Waals surface area contributed by atoms with E-state index in [9.17, 15) is 14.4 Å². The van der Waals surface area contributed by atoms with Crippen LogP contribution < -0.4 is 10.1 Å². The Hall–Kier alpha value is -3.93. The summed E-state index contributed by atoms with van der Waals surface area (Å²) in [5.74, 6) is -0.779. The van der Waals surface area contributed by atoms with Crippen LogP contribution in [0.5, 0.6) is 5.75 Å². The van der Waals surface area contributed by atoms with E-state index in [0.29, 0.717) is 16.9 Å². The molecule has 3 aromatic carbocycles. The number of benzene rings is 3. The van der Waals surface area contributed by atoms with Crippen molar-refractivity contribution < 1.29 is 23.9 Å². The number of ketones is 1. The standard InChI is InChI=1S/C25H23NO5/c1-30-21-14-12-19(13-15-21)23(27)17-31-25(29)22(16-18-8-4-2-5-9-18)26-24(28)20-10-6-3-7-11-20/h2-15,22H,16-17H2,1H3,(H,26,28)/t22-/m1/s1. The highest BCUT2D eigenvalue weighted by Gasteiger charge is 2.24.